The SMILES string of the molecule is CCN(CC)c1ccc(C2c3ccccc3Oc3cccc(N(CC)CC)c32)cc1. The third-order valence-corrected chi connectivity index (χ3v) is 6.24. The van der Waals surface area contributed by atoms with Crippen LogP contribution in [0.15, 0.2) is 66.7 Å². The van der Waals surface area contributed by atoms with Gasteiger partial charge < -0.3 is 14.5 Å². The van der Waals surface area contributed by atoms with E-state index >= 15 is 0 Å². The van der Waals surface area contributed by atoms with E-state index in [9.17, 15) is 0 Å². The van der Waals surface area contributed by atoms with E-state index in [2.05, 4.69) is 104 Å². The molecule has 0 aromatic heterocycles. The summed E-state index contributed by atoms with van der Waals surface area (Å²) in [5, 5.41) is 0. The third kappa shape index (κ3) is 3.54. The molecule has 0 aliphatic carbocycles. The molecule has 0 amide bonds. The van der Waals surface area contributed by atoms with E-state index in [0.717, 1.165) is 37.7 Å². The van der Waals surface area contributed by atoms with E-state index in [1.807, 2.05) is 0 Å². The first kappa shape index (κ1) is 20.3. The Morgan fingerprint density at radius 3 is 1.97 bits per heavy atom. The molecule has 0 saturated carbocycles. The molecular formula is C27H32N2O. The summed E-state index contributed by atoms with van der Waals surface area (Å²) in [7, 11) is 0. The molecule has 3 heteroatoms. The molecule has 1 aliphatic heterocycles. The summed E-state index contributed by atoms with van der Waals surface area (Å²) in [5.41, 5.74) is 6.37. The number of benzene rings is 3. The van der Waals surface area contributed by atoms with Crippen molar-refractivity contribution in [1.29, 1.82) is 0 Å². The van der Waals surface area contributed by atoms with Crippen molar-refractivity contribution >= 4 is 11.4 Å². The lowest BCUT2D eigenvalue weighted by molar-refractivity contribution is 0.453. The number of hydrogen-bond acceptors (Lipinski definition) is 3. The number of rotatable bonds is 7. The largest absolute Gasteiger partial charge is 0.457 e. The molecule has 1 aliphatic rings. The van der Waals surface area contributed by atoms with E-state index in [-0.39, 0.29) is 5.92 Å². The van der Waals surface area contributed by atoms with Gasteiger partial charge in [0.25, 0.3) is 0 Å². The zero-order chi connectivity index (χ0) is 21.1. The summed E-state index contributed by atoms with van der Waals surface area (Å²) in [6, 6.07) is 24.0. The van der Waals surface area contributed by atoms with Crippen molar-refractivity contribution < 1.29 is 4.74 Å². The maximum Gasteiger partial charge on any atom is 0.133 e. The predicted molar refractivity (Wildman–Crippen MR) is 127 cm³/mol. The van der Waals surface area contributed by atoms with E-state index in [1.165, 1.54) is 28.1 Å². The van der Waals surface area contributed by atoms with Gasteiger partial charge in [-0.2, -0.15) is 0 Å². The second-order valence-electron chi connectivity index (χ2n) is 7.70. The van der Waals surface area contributed by atoms with E-state index in [0.29, 0.717) is 0 Å². The summed E-state index contributed by atoms with van der Waals surface area (Å²) in [6.07, 6.45) is 0. The lowest BCUT2D eigenvalue weighted by Crippen LogP contribution is -2.25. The van der Waals surface area contributed by atoms with Crippen molar-refractivity contribution in [3.05, 3.63) is 83.4 Å². The monoisotopic (exact) mass is 400 g/mol. The molecule has 0 N–H and O–H groups in total. The third-order valence-electron chi connectivity index (χ3n) is 6.24. The zero-order valence-corrected chi connectivity index (χ0v) is 18.6. The molecule has 3 aromatic carbocycles. The van der Waals surface area contributed by atoms with Crippen LogP contribution in [0, 0.1) is 0 Å². The quantitative estimate of drug-likeness (QED) is 0.345. The Bertz CT molecular complexity index is 988. The average molecular weight is 401 g/mol. The van der Waals surface area contributed by atoms with Gasteiger partial charge in [0.05, 0.1) is 0 Å². The highest BCUT2D eigenvalue weighted by Crippen LogP contribution is 2.50. The second kappa shape index (κ2) is 8.83. The Balaban J connectivity index is 1.87. The smallest absolute Gasteiger partial charge is 0.133 e. The van der Waals surface area contributed by atoms with Crippen LogP contribution in [0.25, 0.3) is 0 Å². The summed E-state index contributed by atoms with van der Waals surface area (Å²) in [6.45, 7) is 12.8. The number of nitrogens with zero attached hydrogens (tertiary/aromatic N) is 2. The highest BCUT2D eigenvalue weighted by Gasteiger charge is 2.31. The van der Waals surface area contributed by atoms with Crippen molar-refractivity contribution in [2.45, 2.75) is 33.6 Å². The highest BCUT2D eigenvalue weighted by atomic mass is 16.5. The van der Waals surface area contributed by atoms with Crippen LogP contribution in [0.2, 0.25) is 0 Å². The van der Waals surface area contributed by atoms with Crippen molar-refractivity contribution in [3.63, 3.8) is 0 Å². The molecule has 0 bridgehead atoms. The standard InChI is InChI=1S/C27H32N2O/c1-5-28(6-2)21-18-16-20(17-19-21)26-22-12-9-10-14-24(22)30-25-15-11-13-23(27(25)26)29(7-3)8-4/h9-19,26H,5-8H2,1-4H3. The molecule has 1 atom stereocenters. The van der Waals surface area contributed by atoms with Gasteiger partial charge in [-0.15, -0.1) is 0 Å². The van der Waals surface area contributed by atoms with Crippen LogP contribution in [-0.4, -0.2) is 26.2 Å². The van der Waals surface area contributed by atoms with Crippen LogP contribution in [0.5, 0.6) is 11.5 Å². The number of anilines is 2. The van der Waals surface area contributed by atoms with E-state index < -0.39 is 0 Å². The molecule has 0 radical (unpaired) electrons. The molecule has 3 nitrogen and oxygen atoms in total. The van der Waals surface area contributed by atoms with Gasteiger partial charge >= 0.3 is 0 Å². The van der Waals surface area contributed by atoms with Gasteiger partial charge in [0.15, 0.2) is 0 Å². The van der Waals surface area contributed by atoms with Gasteiger partial charge in [-0.05, 0) is 63.6 Å². The van der Waals surface area contributed by atoms with Crippen molar-refractivity contribution in [2.75, 3.05) is 36.0 Å². The van der Waals surface area contributed by atoms with Crippen LogP contribution in [-0.2, 0) is 0 Å². The van der Waals surface area contributed by atoms with Crippen molar-refractivity contribution in [2.24, 2.45) is 0 Å². The molecule has 1 unspecified atom stereocenters. The van der Waals surface area contributed by atoms with Gasteiger partial charge in [0, 0.05) is 54.6 Å². The number of fused-ring (bicyclic) bond motifs is 2. The Labute approximate surface area is 180 Å². The fourth-order valence-corrected chi connectivity index (χ4v) is 4.65. The molecule has 0 fully saturated rings. The fourth-order valence-electron chi connectivity index (χ4n) is 4.65. The topological polar surface area (TPSA) is 15.7 Å². The van der Waals surface area contributed by atoms with Crippen LogP contribution in [0.4, 0.5) is 11.4 Å². The Morgan fingerprint density at radius 1 is 0.667 bits per heavy atom. The normalized spacial score (nSPS) is 14.5. The first-order valence-electron chi connectivity index (χ1n) is 11.2. The average Bonchev–Trinajstić information content (AvgIpc) is 2.80. The summed E-state index contributed by atoms with van der Waals surface area (Å²) >= 11 is 0. The number of hydrogen-bond donors (Lipinski definition) is 0. The molecule has 1 heterocycles. The lowest BCUT2D eigenvalue weighted by Gasteiger charge is -2.34. The molecule has 0 spiro atoms. The van der Waals surface area contributed by atoms with Gasteiger partial charge in [-0.25, -0.2) is 0 Å². The highest BCUT2D eigenvalue weighted by molar-refractivity contribution is 5.69. The molecule has 3 aromatic rings. The van der Waals surface area contributed by atoms with Gasteiger partial charge in [-0.1, -0.05) is 36.4 Å². The summed E-state index contributed by atoms with van der Waals surface area (Å²) < 4.78 is 6.37. The maximum absolute atomic E-state index is 6.37. The first-order chi connectivity index (χ1) is 14.7. The Hall–Kier alpha value is -2.94. The molecule has 30 heavy (non-hydrogen) atoms. The van der Waals surface area contributed by atoms with Gasteiger partial charge in [0.2, 0.25) is 0 Å². The second-order valence-corrected chi connectivity index (χ2v) is 7.70. The molecule has 156 valence electrons. The van der Waals surface area contributed by atoms with Gasteiger partial charge in [-0.3, -0.25) is 0 Å². The Kier molecular flexibility index (Phi) is 5.98. The van der Waals surface area contributed by atoms with Crippen molar-refractivity contribution in [3.8, 4) is 11.5 Å². The number of ether oxygens (including phenoxy) is 1. The first-order valence-corrected chi connectivity index (χ1v) is 11.2. The molecule has 0 saturated heterocycles. The molecule has 4 rings (SSSR count). The van der Waals surface area contributed by atoms with Crippen LogP contribution in [0.3, 0.4) is 0 Å². The summed E-state index contributed by atoms with van der Waals surface area (Å²) in [4.78, 5) is 4.81. The fraction of sp³-hybridized carbons (Fsp3) is 0.333. The maximum atomic E-state index is 6.37. The zero-order valence-electron chi connectivity index (χ0n) is 18.6. The van der Waals surface area contributed by atoms with Crippen LogP contribution < -0.4 is 14.5 Å². The minimum absolute atomic E-state index is 0.160. The van der Waals surface area contributed by atoms with Crippen molar-refractivity contribution in [1.82, 2.24) is 0 Å². The lowest BCUT2D eigenvalue weighted by atomic mass is 9.81. The van der Waals surface area contributed by atoms with Gasteiger partial charge in [0.1, 0.15) is 11.5 Å². The van der Waals surface area contributed by atoms with E-state index in [1.54, 1.807) is 0 Å². The minimum Gasteiger partial charge on any atom is -0.457 e. The van der Waals surface area contributed by atoms with Crippen LogP contribution >= 0.6 is 0 Å². The number of para-hydroxylation sites is 1. The predicted octanol–water partition coefficient (Wildman–Crippen LogP) is 6.66. The minimum atomic E-state index is 0.160. The molecular weight excluding hydrogens is 368 g/mol. The summed E-state index contributed by atoms with van der Waals surface area (Å²) in [5.74, 6) is 2.09. The Morgan fingerprint density at radius 2 is 1.30 bits per heavy atom. The van der Waals surface area contributed by atoms with Crippen LogP contribution in [0.1, 0.15) is 50.3 Å². The van der Waals surface area contributed by atoms with E-state index in [4.69, 9.17) is 4.74 Å².